The maximum absolute atomic E-state index is 10.8. The van der Waals surface area contributed by atoms with Crippen molar-refractivity contribution in [3.63, 3.8) is 0 Å². The molecule has 1 aromatic rings. The van der Waals surface area contributed by atoms with Crippen LogP contribution in [-0.2, 0) is 0 Å². The third kappa shape index (κ3) is 4.00. The fourth-order valence-corrected chi connectivity index (χ4v) is 2.09. The summed E-state index contributed by atoms with van der Waals surface area (Å²) in [7, 11) is 0. The summed E-state index contributed by atoms with van der Waals surface area (Å²) in [4.78, 5) is 10.5. The minimum atomic E-state index is -0.352. The number of nitro benzene ring substituents is 1. The number of aryl methyl sites for hydroxylation is 1. The molecule has 1 rings (SSSR count). The Labute approximate surface area is 110 Å². The normalized spacial score (nSPS) is 10.6. The molecule has 5 heteroatoms. The van der Waals surface area contributed by atoms with Gasteiger partial charge in [0.25, 0.3) is 5.69 Å². The summed E-state index contributed by atoms with van der Waals surface area (Å²) < 4.78 is 0.865. The molecule has 0 aliphatic heterocycles. The zero-order valence-electron chi connectivity index (χ0n) is 10.3. The first-order valence-electron chi connectivity index (χ1n) is 5.60. The largest absolute Gasteiger partial charge is 0.384 e. The summed E-state index contributed by atoms with van der Waals surface area (Å²) >= 11 is 3.41. The van der Waals surface area contributed by atoms with Crippen molar-refractivity contribution >= 4 is 27.3 Å². The zero-order chi connectivity index (χ0) is 13.0. The zero-order valence-corrected chi connectivity index (χ0v) is 11.9. The van der Waals surface area contributed by atoms with Gasteiger partial charge in [-0.2, -0.15) is 0 Å². The van der Waals surface area contributed by atoms with Crippen molar-refractivity contribution in [1.82, 2.24) is 0 Å². The first-order valence-corrected chi connectivity index (χ1v) is 6.39. The summed E-state index contributed by atoms with van der Waals surface area (Å²) in [5, 5.41) is 14.0. The smallest absolute Gasteiger partial charge is 0.274 e. The highest BCUT2D eigenvalue weighted by Crippen LogP contribution is 2.30. The second-order valence-electron chi connectivity index (χ2n) is 4.48. The van der Waals surface area contributed by atoms with Gasteiger partial charge in [0, 0.05) is 22.6 Å². The average molecular weight is 301 g/mol. The van der Waals surface area contributed by atoms with Crippen LogP contribution < -0.4 is 5.32 Å². The van der Waals surface area contributed by atoms with Gasteiger partial charge in [0.15, 0.2) is 0 Å². The maximum atomic E-state index is 10.8. The Morgan fingerprint density at radius 1 is 1.47 bits per heavy atom. The molecule has 17 heavy (non-hydrogen) atoms. The fraction of sp³-hybridized carbons (Fsp3) is 0.500. The van der Waals surface area contributed by atoms with Crippen LogP contribution in [0.25, 0.3) is 0 Å². The van der Waals surface area contributed by atoms with Gasteiger partial charge in [-0.15, -0.1) is 0 Å². The molecule has 0 saturated heterocycles. The number of hydrogen-bond acceptors (Lipinski definition) is 3. The van der Waals surface area contributed by atoms with E-state index in [1.54, 1.807) is 19.1 Å². The van der Waals surface area contributed by atoms with Crippen molar-refractivity contribution in [1.29, 1.82) is 0 Å². The van der Waals surface area contributed by atoms with Crippen LogP contribution >= 0.6 is 15.9 Å². The molecular formula is C12H17BrN2O2. The van der Waals surface area contributed by atoms with Gasteiger partial charge in [-0.25, -0.2) is 0 Å². The van der Waals surface area contributed by atoms with E-state index in [0.717, 1.165) is 23.1 Å². The molecule has 0 amide bonds. The predicted molar refractivity (Wildman–Crippen MR) is 73.5 cm³/mol. The molecule has 0 fully saturated rings. The summed E-state index contributed by atoms with van der Waals surface area (Å²) in [6.07, 6.45) is 1.04. The fourth-order valence-electron chi connectivity index (χ4n) is 1.49. The highest BCUT2D eigenvalue weighted by Gasteiger charge is 2.13. The molecule has 0 atom stereocenters. The van der Waals surface area contributed by atoms with Gasteiger partial charge in [-0.3, -0.25) is 10.1 Å². The minimum absolute atomic E-state index is 0.153. The lowest BCUT2D eigenvalue weighted by Gasteiger charge is -2.11. The second kappa shape index (κ2) is 6.00. The molecule has 0 saturated carbocycles. The van der Waals surface area contributed by atoms with Crippen LogP contribution in [0.15, 0.2) is 16.6 Å². The standard InChI is InChI=1S/C12H17BrN2O2/c1-8(2)4-5-14-11-7-12(15(16)17)9(3)6-10(11)13/h6-8,14H,4-5H2,1-3H3. The second-order valence-corrected chi connectivity index (χ2v) is 5.34. The maximum Gasteiger partial charge on any atom is 0.274 e. The molecule has 0 radical (unpaired) electrons. The van der Waals surface area contributed by atoms with E-state index in [1.807, 2.05) is 0 Å². The first-order chi connectivity index (χ1) is 7.91. The number of nitrogens with zero attached hydrogens (tertiary/aromatic N) is 1. The van der Waals surface area contributed by atoms with Crippen molar-refractivity contribution in [2.45, 2.75) is 27.2 Å². The molecule has 0 aliphatic carbocycles. The number of benzene rings is 1. The lowest BCUT2D eigenvalue weighted by atomic mass is 10.1. The quantitative estimate of drug-likeness (QED) is 0.657. The number of rotatable bonds is 5. The van der Waals surface area contributed by atoms with Crippen molar-refractivity contribution < 1.29 is 4.92 Å². The summed E-state index contributed by atoms with van der Waals surface area (Å²) in [5.74, 6) is 0.613. The van der Waals surface area contributed by atoms with Crippen LogP contribution in [0.2, 0.25) is 0 Å². The Bertz CT molecular complexity index is 419. The lowest BCUT2D eigenvalue weighted by molar-refractivity contribution is -0.385. The van der Waals surface area contributed by atoms with E-state index in [0.29, 0.717) is 11.5 Å². The first kappa shape index (κ1) is 14.0. The monoisotopic (exact) mass is 300 g/mol. The minimum Gasteiger partial charge on any atom is -0.384 e. The third-order valence-electron chi connectivity index (χ3n) is 2.52. The van der Waals surface area contributed by atoms with Gasteiger partial charge in [0.1, 0.15) is 0 Å². The number of halogens is 1. The molecule has 94 valence electrons. The number of hydrogen-bond donors (Lipinski definition) is 1. The molecule has 1 N–H and O–H groups in total. The van der Waals surface area contributed by atoms with E-state index in [4.69, 9.17) is 0 Å². The summed E-state index contributed by atoms with van der Waals surface area (Å²) in [6, 6.07) is 3.36. The van der Waals surface area contributed by atoms with Crippen LogP contribution in [-0.4, -0.2) is 11.5 Å². The van der Waals surface area contributed by atoms with Crippen LogP contribution in [0.1, 0.15) is 25.8 Å². The Morgan fingerprint density at radius 3 is 2.65 bits per heavy atom. The molecule has 4 nitrogen and oxygen atoms in total. The molecule has 0 spiro atoms. The van der Waals surface area contributed by atoms with E-state index >= 15 is 0 Å². The van der Waals surface area contributed by atoms with Gasteiger partial charge in [-0.1, -0.05) is 13.8 Å². The van der Waals surface area contributed by atoms with E-state index in [9.17, 15) is 10.1 Å². The van der Waals surface area contributed by atoms with E-state index in [1.165, 1.54) is 0 Å². The third-order valence-corrected chi connectivity index (χ3v) is 3.18. The molecule has 0 aliphatic rings. The summed E-state index contributed by atoms with van der Waals surface area (Å²) in [5.41, 5.74) is 1.60. The van der Waals surface area contributed by atoms with Crippen LogP contribution in [0.3, 0.4) is 0 Å². The van der Waals surface area contributed by atoms with Gasteiger partial charge < -0.3 is 5.32 Å². The van der Waals surface area contributed by atoms with Crippen molar-refractivity contribution in [2.24, 2.45) is 5.92 Å². The number of anilines is 1. The van der Waals surface area contributed by atoms with Gasteiger partial charge in [-0.05, 0) is 41.3 Å². The number of nitro groups is 1. The van der Waals surface area contributed by atoms with Crippen LogP contribution in [0.5, 0.6) is 0 Å². The number of nitrogens with one attached hydrogen (secondary N) is 1. The molecular weight excluding hydrogens is 284 g/mol. The molecule has 1 aromatic carbocycles. The summed E-state index contributed by atoms with van der Waals surface area (Å²) in [6.45, 7) is 6.85. The van der Waals surface area contributed by atoms with E-state index in [2.05, 4.69) is 35.1 Å². The Morgan fingerprint density at radius 2 is 2.12 bits per heavy atom. The molecule has 0 unspecified atom stereocenters. The van der Waals surface area contributed by atoms with Crippen molar-refractivity contribution in [3.8, 4) is 0 Å². The van der Waals surface area contributed by atoms with Crippen molar-refractivity contribution in [2.75, 3.05) is 11.9 Å². The van der Waals surface area contributed by atoms with Crippen LogP contribution in [0.4, 0.5) is 11.4 Å². The van der Waals surface area contributed by atoms with Gasteiger partial charge in [0.05, 0.1) is 10.6 Å². The van der Waals surface area contributed by atoms with E-state index < -0.39 is 0 Å². The SMILES string of the molecule is Cc1cc(Br)c(NCCC(C)C)cc1[N+](=O)[O-]. The Hall–Kier alpha value is -1.10. The Kier molecular flexibility index (Phi) is 4.93. The van der Waals surface area contributed by atoms with E-state index in [-0.39, 0.29) is 10.6 Å². The molecule has 0 aromatic heterocycles. The predicted octanol–water partition coefficient (Wildman–Crippen LogP) is 4.12. The van der Waals surface area contributed by atoms with Gasteiger partial charge >= 0.3 is 0 Å². The highest BCUT2D eigenvalue weighted by molar-refractivity contribution is 9.10. The van der Waals surface area contributed by atoms with Gasteiger partial charge in [0.2, 0.25) is 0 Å². The highest BCUT2D eigenvalue weighted by atomic mass is 79.9. The Balaban J connectivity index is 2.84. The lowest BCUT2D eigenvalue weighted by Crippen LogP contribution is -2.06. The van der Waals surface area contributed by atoms with Crippen molar-refractivity contribution in [3.05, 3.63) is 32.3 Å². The molecule has 0 heterocycles. The molecule has 0 bridgehead atoms. The van der Waals surface area contributed by atoms with Crippen LogP contribution in [0, 0.1) is 23.0 Å². The topological polar surface area (TPSA) is 55.2 Å². The average Bonchev–Trinajstić information content (AvgIpc) is 2.20.